The van der Waals surface area contributed by atoms with Gasteiger partial charge in [0.25, 0.3) is 0 Å². The highest BCUT2D eigenvalue weighted by molar-refractivity contribution is 6.43. The maximum absolute atomic E-state index is 12.3. The lowest BCUT2D eigenvalue weighted by molar-refractivity contribution is -0.129. The van der Waals surface area contributed by atoms with Crippen LogP contribution in [0.2, 0.25) is 0 Å². The summed E-state index contributed by atoms with van der Waals surface area (Å²) >= 11 is 0. The molecule has 9 heteroatoms. The van der Waals surface area contributed by atoms with Gasteiger partial charge in [-0.2, -0.15) is 0 Å². The summed E-state index contributed by atoms with van der Waals surface area (Å²) in [6, 6.07) is 7.60. The fourth-order valence-electron chi connectivity index (χ4n) is 2.43. The second kappa shape index (κ2) is 11.6. The first-order valence-corrected chi connectivity index (χ1v) is 8.81. The summed E-state index contributed by atoms with van der Waals surface area (Å²) in [5.74, 6) is -1.82. The van der Waals surface area contributed by atoms with Crippen LogP contribution >= 0.6 is 0 Å². The number of hydrogen-bond donors (Lipinski definition) is 6. The van der Waals surface area contributed by atoms with E-state index in [0.717, 1.165) is 18.4 Å². The zero-order chi connectivity index (χ0) is 19.5. The van der Waals surface area contributed by atoms with Gasteiger partial charge in [0.1, 0.15) is 6.04 Å². The fourth-order valence-corrected chi connectivity index (χ4v) is 2.43. The molecule has 3 atom stereocenters. The Balaban J connectivity index is 2.53. The summed E-state index contributed by atoms with van der Waals surface area (Å²) in [6.07, 6.45) is 2.26. The van der Waals surface area contributed by atoms with E-state index in [-0.39, 0.29) is 6.42 Å². The van der Waals surface area contributed by atoms with Gasteiger partial charge >= 0.3 is 7.12 Å². The standard InChI is InChI=1S/C17H29BN4O4/c1-12(21-17(24)14(20)9-5-6-10-19)16(23)22-15(18(25)26)11-13-7-3-2-4-8-13/h2-4,7-8,12,14-15,25-26H,5-6,9-11,19-20H2,1H3,(H,21,24)(H,22,23)/t12-,14-,15-/m0/s1. The first-order valence-electron chi connectivity index (χ1n) is 8.81. The van der Waals surface area contributed by atoms with Crippen molar-refractivity contribution in [3.8, 4) is 0 Å². The lowest BCUT2D eigenvalue weighted by Gasteiger charge is -2.22. The van der Waals surface area contributed by atoms with Crippen molar-refractivity contribution < 1.29 is 19.6 Å². The van der Waals surface area contributed by atoms with Gasteiger partial charge in [0.05, 0.1) is 12.0 Å². The van der Waals surface area contributed by atoms with Crippen LogP contribution in [0.4, 0.5) is 0 Å². The largest absolute Gasteiger partial charge is 0.475 e. The van der Waals surface area contributed by atoms with E-state index in [1.54, 1.807) is 0 Å². The predicted octanol–water partition coefficient (Wildman–Crippen LogP) is -1.31. The Morgan fingerprint density at radius 3 is 2.35 bits per heavy atom. The number of carbonyl (C=O) groups excluding carboxylic acids is 2. The molecule has 1 aromatic carbocycles. The van der Waals surface area contributed by atoms with Crippen LogP contribution in [-0.4, -0.2) is 53.6 Å². The van der Waals surface area contributed by atoms with Crippen LogP contribution in [0.1, 0.15) is 31.7 Å². The maximum Gasteiger partial charge on any atom is 0.475 e. The molecule has 0 saturated carbocycles. The highest BCUT2D eigenvalue weighted by Crippen LogP contribution is 2.05. The molecule has 144 valence electrons. The molecule has 8 N–H and O–H groups in total. The predicted molar refractivity (Wildman–Crippen MR) is 101 cm³/mol. The van der Waals surface area contributed by atoms with Crippen molar-refractivity contribution in [2.24, 2.45) is 11.5 Å². The topological polar surface area (TPSA) is 151 Å². The van der Waals surface area contributed by atoms with Crippen molar-refractivity contribution in [1.29, 1.82) is 0 Å². The van der Waals surface area contributed by atoms with E-state index in [9.17, 15) is 19.6 Å². The molecule has 2 amide bonds. The molecule has 26 heavy (non-hydrogen) atoms. The summed E-state index contributed by atoms with van der Waals surface area (Å²) in [5, 5.41) is 24.1. The Kier molecular flexibility index (Phi) is 9.89. The van der Waals surface area contributed by atoms with Crippen molar-refractivity contribution in [3.05, 3.63) is 35.9 Å². The van der Waals surface area contributed by atoms with Gasteiger partial charge in [-0.25, -0.2) is 0 Å². The maximum atomic E-state index is 12.3. The van der Waals surface area contributed by atoms with Gasteiger partial charge in [0, 0.05) is 0 Å². The second-order valence-electron chi connectivity index (χ2n) is 6.34. The van der Waals surface area contributed by atoms with E-state index >= 15 is 0 Å². The Morgan fingerprint density at radius 2 is 1.77 bits per heavy atom. The minimum atomic E-state index is -1.72. The van der Waals surface area contributed by atoms with Gasteiger partial charge in [-0.1, -0.05) is 36.8 Å². The summed E-state index contributed by atoms with van der Waals surface area (Å²) in [4.78, 5) is 24.3. The van der Waals surface area contributed by atoms with Crippen molar-refractivity contribution in [2.75, 3.05) is 6.54 Å². The van der Waals surface area contributed by atoms with Gasteiger partial charge in [-0.3, -0.25) is 9.59 Å². The number of hydrogen-bond acceptors (Lipinski definition) is 6. The van der Waals surface area contributed by atoms with Crippen molar-refractivity contribution in [3.63, 3.8) is 0 Å². The van der Waals surface area contributed by atoms with Gasteiger partial charge in [0.15, 0.2) is 0 Å². The van der Waals surface area contributed by atoms with Crippen molar-refractivity contribution in [2.45, 2.75) is 50.6 Å². The van der Waals surface area contributed by atoms with Crippen molar-refractivity contribution in [1.82, 2.24) is 10.6 Å². The van der Waals surface area contributed by atoms with E-state index in [2.05, 4.69) is 10.6 Å². The third kappa shape index (κ3) is 7.96. The van der Waals surface area contributed by atoms with Crippen LogP contribution in [0.25, 0.3) is 0 Å². The quantitative estimate of drug-likeness (QED) is 0.212. The monoisotopic (exact) mass is 364 g/mol. The molecule has 0 radical (unpaired) electrons. The molecule has 0 spiro atoms. The zero-order valence-electron chi connectivity index (χ0n) is 15.1. The van der Waals surface area contributed by atoms with E-state index in [1.807, 2.05) is 30.3 Å². The molecule has 0 unspecified atom stereocenters. The number of unbranched alkanes of at least 4 members (excludes halogenated alkanes) is 1. The summed E-state index contributed by atoms with van der Waals surface area (Å²) in [5.41, 5.74) is 12.0. The molecule has 1 rings (SSSR count). The Labute approximate surface area is 154 Å². The molecule has 0 aliphatic rings. The molecule has 8 nitrogen and oxygen atoms in total. The zero-order valence-corrected chi connectivity index (χ0v) is 15.1. The molecule has 0 saturated heterocycles. The summed E-state index contributed by atoms with van der Waals surface area (Å²) in [7, 11) is -1.72. The lowest BCUT2D eigenvalue weighted by atomic mass is 9.76. The number of nitrogens with one attached hydrogen (secondary N) is 2. The molecule has 0 aliphatic heterocycles. The summed E-state index contributed by atoms with van der Waals surface area (Å²) in [6.45, 7) is 2.06. The van der Waals surface area contributed by atoms with Gasteiger partial charge in [-0.05, 0) is 38.3 Å². The molecule has 0 fully saturated rings. The van der Waals surface area contributed by atoms with Gasteiger partial charge in [-0.15, -0.1) is 0 Å². The van der Waals surface area contributed by atoms with Crippen LogP contribution in [0, 0.1) is 0 Å². The molecule has 1 aromatic rings. The fraction of sp³-hybridized carbons (Fsp3) is 0.529. The first kappa shape index (κ1) is 22.1. The molecule has 0 heterocycles. The third-order valence-electron chi connectivity index (χ3n) is 4.04. The molecule has 0 aromatic heterocycles. The number of carbonyl (C=O) groups is 2. The van der Waals surface area contributed by atoms with E-state index in [4.69, 9.17) is 11.5 Å². The number of amides is 2. The minimum Gasteiger partial charge on any atom is -0.426 e. The van der Waals surface area contributed by atoms with E-state index < -0.39 is 37.0 Å². The molecule has 0 aliphatic carbocycles. The lowest BCUT2D eigenvalue weighted by Crippen LogP contribution is -2.55. The molecular weight excluding hydrogens is 335 g/mol. The molecule has 0 bridgehead atoms. The molecular formula is C17H29BN4O4. The van der Waals surface area contributed by atoms with Crippen LogP contribution in [-0.2, 0) is 16.0 Å². The van der Waals surface area contributed by atoms with Gasteiger partial charge in [0.2, 0.25) is 11.8 Å². The SMILES string of the molecule is C[C@H](NC(=O)[C@@H](N)CCCCN)C(=O)N[C@@H](Cc1ccccc1)B(O)O. The Hall–Kier alpha value is -1.94. The van der Waals surface area contributed by atoms with Crippen LogP contribution in [0.15, 0.2) is 30.3 Å². The highest BCUT2D eigenvalue weighted by atomic mass is 16.4. The number of benzene rings is 1. The van der Waals surface area contributed by atoms with E-state index in [0.29, 0.717) is 13.0 Å². The van der Waals surface area contributed by atoms with Gasteiger partial charge < -0.3 is 32.1 Å². The Morgan fingerprint density at radius 1 is 1.12 bits per heavy atom. The average molecular weight is 364 g/mol. The normalized spacial score (nSPS) is 14.2. The van der Waals surface area contributed by atoms with Crippen LogP contribution in [0.3, 0.4) is 0 Å². The number of nitrogens with two attached hydrogens (primary N) is 2. The first-order chi connectivity index (χ1) is 12.3. The number of rotatable bonds is 11. The smallest absolute Gasteiger partial charge is 0.426 e. The van der Waals surface area contributed by atoms with Crippen LogP contribution in [0.5, 0.6) is 0 Å². The van der Waals surface area contributed by atoms with Crippen LogP contribution < -0.4 is 22.1 Å². The average Bonchev–Trinajstić information content (AvgIpc) is 2.61. The summed E-state index contributed by atoms with van der Waals surface area (Å²) < 4.78 is 0. The highest BCUT2D eigenvalue weighted by Gasteiger charge is 2.28. The Bertz CT molecular complexity index is 559. The second-order valence-corrected chi connectivity index (χ2v) is 6.34. The minimum absolute atomic E-state index is 0.253. The van der Waals surface area contributed by atoms with E-state index in [1.165, 1.54) is 6.92 Å². The van der Waals surface area contributed by atoms with Crippen molar-refractivity contribution >= 4 is 18.9 Å². The third-order valence-corrected chi connectivity index (χ3v) is 4.04.